The number of allylic oxidation sites excluding steroid dienone is 2. The summed E-state index contributed by atoms with van der Waals surface area (Å²) in [7, 11) is 0. The molecule has 0 aromatic carbocycles. The first-order chi connectivity index (χ1) is 5.11. The van der Waals surface area contributed by atoms with Crippen LogP contribution in [0.2, 0.25) is 0 Å². The van der Waals surface area contributed by atoms with Crippen LogP contribution >= 0.6 is 15.9 Å². The number of halogens is 1. The minimum absolute atomic E-state index is 0.278. The minimum atomic E-state index is 0.278. The second-order valence-corrected chi connectivity index (χ2v) is 4.23. The summed E-state index contributed by atoms with van der Waals surface area (Å²) in [5.41, 5.74) is 1.31. The van der Waals surface area contributed by atoms with E-state index in [0.717, 1.165) is 17.3 Å². The molecule has 0 aliphatic heterocycles. The van der Waals surface area contributed by atoms with Crippen molar-refractivity contribution in [3.8, 4) is 0 Å². The molecule has 1 aliphatic carbocycles. The minimum Gasteiger partial charge on any atom is -0.294 e. The molecule has 0 radical (unpaired) electrons. The zero-order valence-electron chi connectivity index (χ0n) is 6.98. The van der Waals surface area contributed by atoms with Gasteiger partial charge in [-0.1, -0.05) is 19.4 Å². The third-order valence-corrected chi connectivity index (χ3v) is 2.87. The van der Waals surface area contributed by atoms with E-state index in [1.807, 2.05) is 0 Å². The molecule has 0 heterocycles. The molecule has 0 spiro atoms. The van der Waals surface area contributed by atoms with Gasteiger partial charge in [-0.3, -0.25) is 4.79 Å². The van der Waals surface area contributed by atoms with Crippen LogP contribution in [0.1, 0.15) is 33.1 Å². The predicted molar refractivity (Wildman–Crippen MR) is 49.6 cm³/mol. The third kappa shape index (κ3) is 2.16. The largest absolute Gasteiger partial charge is 0.294 e. The van der Waals surface area contributed by atoms with Crippen LogP contribution in [0.5, 0.6) is 0 Å². The van der Waals surface area contributed by atoms with Crippen LogP contribution in [0.15, 0.2) is 10.1 Å². The van der Waals surface area contributed by atoms with E-state index in [2.05, 4.69) is 29.8 Å². The lowest BCUT2D eigenvalue weighted by Crippen LogP contribution is -1.90. The van der Waals surface area contributed by atoms with E-state index in [-0.39, 0.29) is 5.78 Å². The molecule has 11 heavy (non-hydrogen) atoms. The molecular weight excluding hydrogens is 204 g/mol. The normalized spacial score (nSPS) is 18.7. The Hall–Kier alpha value is -0.110. The molecule has 0 bridgehead atoms. The molecule has 2 heteroatoms. The van der Waals surface area contributed by atoms with Crippen molar-refractivity contribution in [2.75, 3.05) is 0 Å². The van der Waals surface area contributed by atoms with Crippen molar-refractivity contribution in [2.24, 2.45) is 5.92 Å². The number of Topliss-reactive ketones (excluding diaryl/α,β-unsaturated/α-hetero) is 1. The van der Waals surface area contributed by atoms with Gasteiger partial charge in [-0.2, -0.15) is 0 Å². The van der Waals surface area contributed by atoms with Gasteiger partial charge in [-0.15, -0.1) is 0 Å². The Morgan fingerprint density at radius 1 is 1.45 bits per heavy atom. The summed E-state index contributed by atoms with van der Waals surface area (Å²) >= 11 is 3.33. The highest BCUT2D eigenvalue weighted by Crippen LogP contribution is 2.31. The second kappa shape index (κ2) is 3.53. The fourth-order valence-corrected chi connectivity index (χ4v) is 1.92. The number of rotatable bonds is 2. The molecule has 0 saturated heterocycles. The van der Waals surface area contributed by atoms with Crippen LogP contribution in [-0.2, 0) is 4.79 Å². The van der Waals surface area contributed by atoms with Crippen molar-refractivity contribution in [1.29, 1.82) is 0 Å². The van der Waals surface area contributed by atoms with E-state index in [0.29, 0.717) is 12.3 Å². The van der Waals surface area contributed by atoms with E-state index in [9.17, 15) is 4.79 Å². The fraction of sp³-hybridized carbons (Fsp3) is 0.667. The Kier molecular flexibility index (Phi) is 2.88. The fourth-order valence-electron chi connectivity index (χ4n) is 1.37. The molecule has 0 unspecified atom stereocenters. The monoisotopic (exact) mass is 216 g/mol. The van der Waals surface area contributed by atoms with Crippen LogP contribution in [0, 0.1) is 5.92 Å². The van der Waals surface area contributed by atoms with Gasteiger partial charge in [0, 0.05) is 6.42 Å². The number of hydrogen-bond acceptors (Lipinski definition) is 1. The highest BCUT2D eigenvalue weighted by Gasteiger charge is 2.20. The molecule has 0 aromatic rings. The van der Waals surface area contributed by atoms with E-state index < -0.39 is 0 Å². The predicted octanol–water partition coefficient (Wildman–Crippen LogP) is 3.04. The van der Waals surface area contributed by atoms with Gasteiger partial charge in [-0.05, 0) is 34.7 Å². The van der Waals surface area contributed by atoms with Crippen LogP contribution in [-0.4, -0.2) is 5.78 Å². The van der Waals surface area contributed by atoms with Gasteiger partial charge in [0.2, 0.25) is 0 Å². The first kappa shape index (κ1) is 8.98. The lowest BCUT2D eigenvalue weighted by Gasteiger charge is -2.04. The number of hydrogen-bond donors (Lipinski definition) is 0. The van der Waals surface area contributed by atoms with E-state index in [1.54, 1.807) is 0 Å². The van der Waals surface area contributed by atoms with Crippen LogP contribution in [0.4, 0.5) is 0 Å². The molecule has 0 N–H and O–H groups in total. The Bertz CT molecular complexity index is 204. The molecular formula is C9H13BrO. The Morgan fingerprint density at radius 2 is 2.09 bits per heavy atom. The average Bonchev–Trinajstić information content (AvgIpc) is 2.18. The number of carbonyl (C=O) groups excluding carboxylic acids is 1. The topological polar surface area (TPSA) is 17.1 Å². The summed E-state index contributed by atoms with van der Waals surface area (Å²) in [5, 5.41) is 0. The summed E-state index contributed by atoms with van der Waals surface area (Å²) in [4.78, 5) is 11.1. The summed E-state index contributed by atoms with van der Waals surface area (Å²) in [5.74, 6) is 0.934. The van der Waals surface area contributed by atoms with Gasteiger partial charge in [0.15, 0.2) is 5.78 Å². The first-order valence-electron chi connectivity index (χ1n) is 4.02. The van der Waals surface area contributed by atoms with Crippen molar-refractivity contribution in [1.82, 2.24) is 0 Å². The molecule has 1 rings (SSSR count). The molecule has 0 fully saturated rings. The Morgan fingerprint density at radius 3 is 2.45 bits per heavy atom. The summed E-state index contributed by atoms with van der Waals surface area (Å²) < 4.78 is 0.853. The SMILES string of the molecule is CC(C)CC1=C(Br)C(=O)CC1. The van der Waals surface area contributed by atoms with E-state index in [4.69, 9.17) is 0 Å². The number of ketones is 1. The standard InChI is InChI=1S/C9H13BrO/c1-6(2)5-7-3-4-8(11)9(7)10/h6H,3-5H2,1-2H3. The zero-order valence-corrected chi connectivity index (χ0v) is 8.57. The summed E-state index contributed by atoms with van der Waals surface area (Å²) in [6, 6.07) is 0. The summed E-state index contributed by atoms with van der Waals surface area (Å²) in [6.07, 6.45) is 2.74. The zero-order chi connectivity index (χ0) is 8.43. The Labute approximate surface area is 76.0 Å². The van der Waals surface area contributed by atoms with Crippen LogP contribution in [0.3, 0.4) is 0 Å². The molecule has 0 amide bonds. The van der Waals surface area contributed by atoms with Gasteiger partial charge in [0.25, 0.3) is 0 Å². The van der Waals surface area contributed by atoms with E-state index in [1.165, 1.54) is 5.57 Å². The van der Waals surface area contributed by atoms with Crippen molar-refractivity contribution in [3.63, 3.8) is 0 Å². The van der Waals surface area contributed by atoms with Crippen LogP contribution < -0.4 is 0 Å². The lowest BCUT2D eigenvalue weighted by molar-refractivity contribution is -0.114. The van der Waals surface area contributed by atoms with Gasteiger partial charge in [0.05, 0.1) is 4.48 Å². The van der Waals surface area contributed by atoms with Gasteiger partial charge < -0.3 is 0 Å². The third-order valence-electron chi connectivity index (χ3n) is 1.86. The van der Waals surface area contributed by atoms with E-state index >= 15 is 0 Å². The molecule has 1 nitrogen and oxygen atoms in total. The van der Waals surface area contributed by atoms with Crippen LogP contribution in [0.25, 0.3) is 0 Å². The van der Waals surface area contributed by atoms with Crippen molar-refractivity contribution in [2.45, 2.75) is 33.1 Å². The quantitative estimate of drug-likeness (QED) is 0.694. The van der Waals surface area contributed by atoms with Crippen molar-refractivity contribution in [3.05, 3.63) is 10.1 Å². The highest BCUT2D eigenvalue weighted by atomic mass is 79.9. The number of carbonyl (C=O) groups is 1. The smallest absolute Gasteiger partial charge is 0.170 e. The highest BCUT2D eigenvalue weighted by molar-refractivity contribution is 9.12. The van der Waals surface area contributed by atoms with Gasteiger partial charge >= 0.3 is 0 Å². The molecule has 0 atom stereocenters. The second-order valence-electron chi connectivity index (χ2n) is 3.44. The maximum absolute atomic E-state index is 11.1. The average molecular weight is 217 g/mol. The Balaban J connectivity index is 2.64. The maximum atomic E-state index is 11.1. The summed E-state index contributed by atoms with van der Waals surface area (Å²) in [6.45, 7) is 4.35. The molecule has 0 aromatic heterocycles. The van der Waals surface area contributed by atoms with Crippen molar-refractivity contribution < 1.29 is 4.79 Å². The molecule has 62 valence electrons. The molecule has 1 aliphatic rings. The van der Waals surface area contributed by atoms with Gasteiger partial charge in [-0.25, -0.2) is 0 Å². The van der Waals surface area contributed by atoms with Crippen molar-refractivity contribution >= 4 is 21.7 Å². The molecule has 0 saturated carbocycles. The van der Waals surface area contributed by atoms with Gasteiger partial charge in [0.1, 0.15) is 0 Å². The maximum Gasteiger partial charge on any atom is 0.170 e. The lowest BCUT2D eigenvalue weighted by atomic mass is 10.0. The first-order valence-corrected chi connectivity index (χ1v) is 4.81.